The number of unbranched alkanes of at least 4 members (excludes halogenated alkanes) is 13. The van der Waals surface area contributed by atoms with E-state index < -0.39 is 89.6 Å². The third-order valence-corrected chi connectivity index (χ3v) is 12.6. The molecule has 19 heteroatoms. The smallest absolute Gasteiger partial charge is 0.462 e. The monoisotopic (exact) mass is 1030 g/mol. The van der Waals surface area contributed by atoms with Gasteiger partial charge in [0, 0.05) is 12.8 Å². The molecule has 0 aliphatic heterocycles. The molecule has 0 aromatic heterocycles. The second kappa shape index (κ2) is 40.6. The second-order valence-corrected chi connectivity index (χ2v) is 19.9. The zero-order valence-electron chi connectivity index (χ0n) is 41.5. The summed E-state index contributed by atoms with van der Waals surface area (Å²) in [6.45, 7) is 2.71. The zero-order valence-corrected chi connectivity index (χ0v) is 43.3. The van der Waals surface area contributed by atoms with Crippen molar-refractivity contribution in [3.63, 3.8) is 0 Å². The predicted molar refractivity (Wildman–Crippen MR) is 270 cm³/mol. The second-order valence-electron chi connectivity index (χ2n) is 17.3. The maximum absolute atomic E-state index is 13.0. The first-order valence-electron chi connectivity index (χ1n) is 25.2. The molecule has 1 aliphatic carbocycles. The van der Waals surface area contributed by atoms with Gasteiger partial charge in [-0.25, -0.2) is 9.13 Å². The minimum absolute atomic E-state index is 0.0531. The van der Waals surface area contributed by atoms with Crippen LogP contribution in [0.4, 0.5) is 0 Å². The Bertz CT molecular complexity index is 1690. The Hall–Kier alpha value is -2.86. The summed E-state index contributed by atoms with van der Waals surface area (Å²) in [5.74, 6) is -1.30. The van der Waals surface area contributed by atoms with Gasteiger partial charge < -0.3 is 49.7 Å². The minimum Gasteiger partial charge on any atom is -0.462 e. The molecule has 70 heavy (non-hydrogen) atoms. The number of phosphoric ester groups is 2. The van der Waals surface area contributed by atoms with E-state index in [9.17, 15) is 58.9 Å². The first-order valence-corrected chi connectivity index (χ1v) is 28.3. The Morgan fingerprint density at radius 1 is 0.529 bits per heavy atom. The maximum Gasteiger partial charge on any atom is 0.472 e. The van der Waals surface area contributed by atoms with Gasteiger partial charge >= 0.3 is 27.6 Å². The van der Waals surface area contributed by atoms with Gasteiger partial charge in [-0.3, -0.25) is 23.2 Å². The molecule has 9 atom stereocenters. The van der Waals surface area contributed by atoms with E-state index >= 15 is 0 Å². The molecule has 0 amide bonds. The number of rotatable bonds is 41. The van der Waals surface area contributed by atoms with E-state index in [1.54, 1.807) is 6.08 Å². The van der Waals surface area contributed by atoms with E-state index in [4.69, 9.17) is 18.5 Å². The van der Waals surface area contributed by atoms with Crippen LogP contribution in [0.2, 0.25) is 0 Å². The standard InChI is InChI=1S/C51H86O17P2/c1-3-5-6-7-8-9-10-11-12-13-14-15-16-20-23-26-29-32-35-38-44(53)64-40-43(41-65-70(62,63)68-51-48(57)46(55)47(56)50(49(51)58)67-69(59,60)61)66-45(54)39-36-33-30-27-24-21-18-17-19-22-25-28-31-34-37-42(52)4-2/h8-9,11-12,18-19,21-22,27-28,30-31,34,37,42-43,46-52,55-58H,3-7,10,13-17,20,23-26,29,32-33,35-36,38-41H2,1-2H3,(H,62,63)(H2,59,60,61)/b9-8-,12-11-,21-18-,22-19-,30-27-,31-28-,37-34+/t42-,43-,46?,47?,48?,49?,50-,51+/m1/s1. The molecule has 5 unspecified atom stereocenters. The van der Waals surface area contributed by atoms with Crippen LogP contribution in [0.15, 0.2) is 85.1 Å². The molecule has 1 fully saturated rings. The van der Waals surface area contributed by atoms with E-state index in [1.807, 2.05) is 49.5 Å². The minimum atomic E-state index is -5.38. The van der Waals surface area contributed by atoms with Gasteiger partial charge in [0.1, 0.15) is 43.2 Å². The molecule has 0 heterocycles. The van der Waals surface area contributed by atoms with Crippen molar-refractivity contribution in [2.75, 3.05) is 13.2 Å². The Balaban J connectivity index is 2.60. The predicted octanol–water partition coefficient (Wildman–Crippen LogP) is 9.15. The number of ether oxygens (including phenoxy) is 2. The number of carbonyl (C=O) groups excluding carboxylic acids is 2. The van der Waals surface area contributed by atoms with Crippen LogP contribution in [0, 0.1) is 0 Å². The van der Waals surface area contributed by atoms with Gasteiger partial charge in [0.25, 0.3) is 0 Å². The van der Waals surface area contributed by atoms with Crippen molar-refractivity contribution in [3.8, 4) is 0 Å². The van der Waals surface area contributed by atoms with Crippen LogP contribution in [-0.2, 0) is 41.8 Å². The summed E-state index contributed by atoms with van der Waals surface area (Å²) in [7, 11) is -10.7. The van der Waals surface area contributed by atoms with Gasteiger partial charge in [-0.15, -0.1) is 0 Å². The Kier molecular flexibility index (Phi) is 37.8. The fourth-order valence-corrected chi connectivity index (χ4v) is 8.58. The van der Waals surface area contributed by atoms with E-state index in [-0.39, 0.29) is 12.8 Å². The zero-order chi connectivity index (χ0) is 51.9. The third-order valence-electron chi connectivity index (χ3n) is 11.1. The summed E-state index contributed by atoms with van der Waals surface area (Å²) < 4.78 is 49.4. The number of phosphoric acid groups is 2. The first-order chi connectivity index (χ1) is 33.5. The van der Waals surface area contributed by atoms with Gasteiger partial charge in [-0.2, -0.15) is 0 Å². The molecular weight excluding hydrogens is 946 g/mol. The number of aliphatic hydroxyl groups is 5. The van der Waals surface area contributed by atoms with Crippen LogP contribution in [-0.4, -0.2) is 114 Å². The highest BCUT2D eigenvalue weighted by atomic mass is 31.2. The molecule has 0 spiro atoms. The molecule has 0 aromatic carbocycles. The van der Waals surface area contributed by atoms with E-state index in [1.165, 1.54) is 38.5 Å². The summed E-state index contributed by atoms with van der Waals surface area (Å²) in [5, 5.41) is 50.8. The third kappa shape index (κ3) is 34.5. The van der Waals surface area contributed by atoms with E-state index in [2.05, 4.69) is 47.9 Å². The van der Waals surface area contributed by atoms with Crippen LogP contribution in [0.3, 0.4) is 0 Å². The highest BCUT2D eigenvalue weighted by Gasteiger charge is 2.54. The van der Waals surface area contributed by atoms with Crippen molar-refractivity contribution < 1.29 is 82.0 Å². The lowest BCUT2D eigenvalue weighted by Crippen LogP contribution is -2.64. The number of allylic oxidation sites excluding steroid dienone is 13. The van der Waals surface area contributed by atoms with Gasteiger partial charge in [0.2, 0.25) is 0 Å². The van der Waals surface area contributed by atoms with Crippen LogP contribution < -0.4 is 0 Å². The summed E-state index contributed by atoms with van der Waals surface area (Å²) >= 11 is 0. The molecule has 1 rings (SSSR count). The lowest BCUT2D eigenvalue weighted by molar-refractivity contribution is -0.216. The fraction of sp³-hybridized carbons (Fsp3) is 0.686. The van der Waals surface area contributed by atoms with Crippen LogP contribution in [0.1, 0.15) is 162 Å². The van der Waals surface area contributed by atoms with Crippen molar-refractivity contribution in [1.82, 2.24) is 0 Å². The summed E-state index contributed by atoms with van der Waals surface area (Å²) in [5.41, 5.74) is 0. The molecule has 1 aliphatic rings. The van der Waals surface area contributed by atoms with Crippen LogP contribution in [0.25, 0.3) is 0 Å². The van der Waals surface area contributed by atoms with Crippen LogP contribution >= 0.6 is 15.6 Å². The first kappa shape index (κ1) is 65.2. The Morgan fingerprint density at radius 3 is 1.54 bits per heavy atom. The van der Waals surface area contributed by atoms with Gasteiger partial charge in [-0.05, 0) is 77.0 Å². The average Bonchev–Trinajstić information content (AvgIpc) is 3.32. The average molecular weight is 1030 g/mol. The molecule has 0 bridgehead atoms. The molecular formula is C51H86O17P2. The molecule has 0 radical (unpaired) electrons. The number of hydrogen-bond acceptors (Lipinski definition) is 14. The van der Waals surface area contributed by atoms with E-state index in [0.717, 1.165) is 64.2 Å². The summed E-state index contributed by atoms with van der Waals surface area (Å²) in [6.07, 6.45) is 33.4. The Morgan fingerprint density at radius 2 is 1.00 bits per heavy atom. The molecule has 1 saturated carbocycles. The maximum atomic E-state index is 13.0. The van der Waals surface area contributed by atoms with Gasteiger partial charge in [-0.1, -0.05) is 157 Å². The highest BCUT2D eigenvalue weighted by molar-refractivity contribution is 7.47. The van der Waals surface area contributed by atoms with Crippen molar-refractivity contribution in [2.24, 2.45) is 0 Å². The number of carbonyl (C=O) groups is 2. The Labute approximate surface area is 416 Å². The largest absolute Gasteiger partial charge is 0.472 e. The number of esters is 2. The van der Waals surface area contributed by atoms with Gasteiger partial charge in [0.15, 0.2) is 6.10 Å². The fourth-order valence-electron chi connectivity index (χ4n) is 7.04. The number of aliphatic hydroxyl groups excluding tert-OH is 5. The SMILES string of the molecule is CCCCC/C=C\C/C=C\CCCCCCCCCCCC(=O)OC[C@H](COP(=O)(O)O[C@H]1C(O)C(O)C(O)[C@@H](OP(=O)(O)O)C1O)OC(=O)CCC/C=C\C/C=C\C/C=C\C/C=C\C=C\[C@H](O)CC. The van der Waals surface area contributed by atoms with E-state index in [0.29, 0.717) is 32.1 Å². The van der Waals surface area contributed by atoms with Crippen LogP contribution in [0.5, 0.6) is 0 Å². The summed E-state index contributed by atoms with van der Waals surface area (Å²) in [6, 6.07) is 0. The van der Waals surface area contributed by atoms with Crippen molar-refractivity contribution in [2.45, 2.75) is 210 Å². The lowest BCUT2D eigenvalue weighted by Gasteiger charge is -2.43. The molecule has 0 aromatic rings. The number of hydrogen-bond donors (Lipinski definition) is 8. The molecule has 8 N–H and O–H groups in total. The van der Waals surface area contributed by atoms with Gasteiger partial charge in [0.05, 0.1) is 12.7 Å². The quantitative estimate of drug-likeness (QED) is 0.00932. The molecule has 402 valence electrons. The highest BCUT2D eigenvalue weighted by Crippen LogP contribution is 2.49. The van der Waals surface area contributed by atoms with Crippen molar-refractivity contribution in [1.29, 1.82) is 0 Å². The normalized spacial score (nSPS) is 22.1. The van der Waals surface area contributed by atoms with Crippen molar-refractivity contribution >= 4 is 27.6 Å². The summed E-state index contributed by atoms with van der Waals surface area (Å²) in [4.78, 5) is 54.4. The molecule has 0 saturated heterocycles. The topological polar surface area (TPSA) is 276 Å². The molecule has 17 nitrogen and oxygen atoms in total. The van der Waals surface area contributed by atoms with Crippen molar-refractivity contribution in [3.05, 3.63) is 85.1 Å². The lowest BCUT2D eigenvalue weighted by atomic mass is 9.85.